The summed E-state index contributed by atoms with van der Waals surface area (Å²) in [5.41, 5.74) is -1.33. The lowest BCUT2D eigenvalue weighted by Gasteiger charge is -2.21. The van der Waals surface area contributed by atoms with Gasteiger partial charge in [0, 0.05) is 12.5 Å². The van der Waals surface area contributed by atoms with Crippen molar-refractivity contribution in [3.8, 4) is 17.3 Å². The Bertz CT molecular complexity index is 1130. The van der Waals surface area contributed by atoms with Crippen molar-refractivity contribution in [2.24, 2.45) is 0 Å². The predicted molar refractivity (Wildman–Crippen MR) is 108 cm³/mol. The second-order valence-electron chi connectivity index (χ2n) is 6.74. The maximum atomic E-state index is 14.2. The van der Waals surface area contributed by atoms with Crippen LogP contribution in [0, 0.1) is 5.82 Å². The third-order valence-electron chi connectivity index (χ3n) is 4.69. The van der Waals surface area contributed by atoms with Gasteiger partial charge in [-0.05, 0) is 12.8 Å². The van der Waals surface area contributed by atoms with Gasteiger partial charge in [-0.3, -0.25) is 9.78 Å². The standard InChI is InChI=1S/C19H15F4N5O3.C2H6/c1-30-15-5-9(10(20)6-25-15)18-28-16-11(3-2-4-13(16)31-18)27-17(29)12-7-24-8-14(26-12)19(21,22)23;1-2/h5-8,11H,2-4H2,1H3,(H,27,29);1-2H3. The second kappa shape index (κ2) is 9.92. The van der Waals surface area contributed by atoms with Crippen LogP contribution < -0.4 is 10.1 Å². The smallest absolute Gasteiger partial charge is 0.434 e. The number of nitrogens with one attached hydrogen (secondary N) is 1. The lowest BCUT2D eigenvalue weighted by atomic mass is 9.96. The Balaban J connectivity index is 0.00000149. The average molecular weight is 467 g/mol. The average Bonchev–Trinajstić information content (AvgIpc) is 3.25. The molecule has 0 aromatic carbocycles. The quantitative estimate of drug-likeness (QED) is 0.563. The summed E-state index contributed by atoms with van der Waals surface area (Å²) in [6.07, 6.45) is -0.650. The first-order chi connectivity index (χ1) is 15.8. The number of rotatable bonds is 4. The minimum atomic E-state index is -4.72. The number of fused-ring (bicyclic) bond motifs is 1. The van der Waals surface area contributed by atoms with E-state index in [0.29, 0.717) is 36.9 Å². The third-order valence-corrected chi connectivity index (χ3v) is 4.69. The highest BCUT2D eigenvalue weighted by Gasteiger charge is 2.34. The van der Waals surface area contributed by atoms with Crippen molar-refractivity contribution in [1.82, 2.24) is 25.3 Å². The molecule has 3 aromatic rings. The molecule has 0 saturated carbocycles. The van der Waals surface area contributed by atoms with Crippen molar-refractivity contribution in [2.45, 2.75) is 45.3 Å². The number of methoxy groups -OCH3 is 1. The number of hydrogen-bond donors (Lipinski definition) is 1. The summed E-state index contributed by atoms with van der Waals surface area (Å²) >= 11 is 0. The van der Waals surface area contributed by atoms with Crippen LogP contribution >= 0.6 is 0 Å². The molecule has 12 heteroatoms. The molecule has 1 amide bonds. The Morgan fingerprint density at radius 1 is 1.21 bits per heavy atom. The molecule has 33 heavy (non-hydrogen) atoms. The van der Waals surface area contributed by atoms with Crippen molar-refractivity contribution in [3.05, 3.63) is 53.3 Å². The predicted octanol–water partition coefficient (Wildman–Crippen LogP) is 4.53. The zero-order chi connectivity index (χ0) is 24.2. The van der Waals surface area contributed by atoms with Crippen molar-refractivity contribution in [1.29, 1.82) is 0 Å². The molecule has 1 aliphatic rings. The molecule has 0 spiro atoms. The highest BCUT2D eigenvalue weighted by molar-refractivity contribution is 5.92. The molecule has 1 unspecified atom stereocenters. The highest BCUT2D eigenvalue weighted by atomic mass is 19.4. The SMILES string of the molecule is CC.COc1cc(-c2nc3c(o2)CCCC3NC(=O)c2cncc(C(F)(F)F)n2)c(F)cn1. The molecule has 3 heterocycles. The molecule has 4 rings (SSSR count). The molecule has 1 aliphatic carbocycles. The Morgan fingerprint density at radius 2 is 1.97 bits per heavy atom. The largest absolute Gasteiger partial charge is 0.481 e. The van der Waals surface area contributed by atoms with Crippen LogP contribution in [-0.2, 0) is 12.6 Å². The normalized spacial score (nSPS) is 15.2. The summed E-state index contributed by atoms with van der Waals surface area (Å²) in [6.45, 7) is 4.00. The number of nitrogens with zero attached hydrogens (tertiary/aromatic N) is 4. The molecule has 0 fully saturated rings. The summed E-state index contributed by atoms with van der Waals surface area (Å²) < 4.78 is 63.4. The van der Waals surface area contributed by atoms with E-state index in [1.807, 2.05) is 13.8 Å². The van der Waals surface area contributed by atoms with Gasteiger partial charge in [-0.2, -0.15) is 13.2 Å². The van der Waals surface area contributed by atoms with E-state index in [2.05, 4.69) is 25.3 Å². The van der Waals surface area contributed by atoms with E-state index in [1.165, 1.54) is 13.2 Å². The van der Waals surface area contributed by atoms with Crippen molar-refractivity contribution >= 4 is 5.91 Å². The molecule has 0 radical (unpaired) electrons. The van der Waals surface area contributed by atoms with E-state index in [0.717, 1.165) is 12.4 Å². The molecule has 176 valence electrons. The van der Waals surface area contributed by atoms with Crippen LogP contribution in [0.3, 0.4) is 0 Å². The first-order valence-electron chi connectivity index (χ1n) is 10.2. The lowest BCUT2D eigenvalue weighted by Crippen LogP contribution is -2.32. The van der Waals surface area contributed by atoms with Gasteiger partial charge in [0.1, 0.15) is 17.1 Å². The van der Waals surface area contributed by atoms with Gasteiger partial charge in [0.25, 0.3) is 5.91 Å². The number of aromatic nitrogens is 4. The van der Waals surface area contributed by atoms with Gasteiger partial charge in [-0.25, -0.2) is 19.3 Å². The summed E-state index contributed by atoms with van der Waals surface area (Å²) in [4.78, 5) is 27.4. The molecule has 0 aliphatic heterocycles. The number of ether oxygens (including phenoxy) is 1. The maximum Gasteiger partial charge on any atom is 0.434 e. The number of oxazole rings is 1. The number of hydrogen-bond acceptors (Lipinski definition) is 7. The summed E-state index contributed by atoms with van der Waals surface area (Å²) in [7, 11) is 1.38. The number of amides is 1. The number of aryl methyl sites for hydroxylation is 1. The number of alkyl halides is 3. The number of carbonyl (C=O) groups excluding carboxylic acids is 1. The molecular formula is C21H21F4N5O3. The van der Waals surface area contributed by atoms with Crippen LogP contribution in [-0.4, -0.2) is 33.0 Å². The fourth-order valence-corrected chi connectivity index (χ4v) is 3.21. The number of halogens is 4. The van der Waals surface area contributed by atoms with Crippen molar-refractivity contribution in [2.75, 3.05) is 7.11 Å². The van der Waals surface area contributed by atoms with Crippen LogP contribution in [0.15, 0.2) is 29.1 Å². The van der Waals surface area contributed by atoms with Crippen LogP contribution in [0.1, 0.15) is 60.4 Å². The number of carbonyl (C=O) groups is 1. The summed E-state index contributed by atoms with van der Waals surface area (Å²) in [5, 5.41) is 2.61. The van der Waals surface area contributed by atoms with E-state index in [9.17, 15) is 22.4 Å². The molecule has 1 atom stereocenters. The van der Waals surface area contributed by atoms with Gasteiger partial charge < -0.3 is 14.5 Å². The van der Waals surface area contributed by atoms with Gasteiger partial charge in [-0.15, -0.1) is 0 Å². The van der Waals surface area contributed by atoms with Gasteiger partial charge in [-0.1, -0.05) is 13.8 Å². The third kappa shape index (κ3) is 5.26. The van der Waals surface area contributed by atoms with Crippen LogP contribution in [0.5, 0.6) is 5.88 Å². The zero-order valence-corrected chi connectivity index (χ0v) is 18.0. The first kappa shape index (κ1) is 24.1. The Morgan fingerprint density at radius 3 is 2.67 bits per heavy atom. The van der Waals surface area contributed by atoms with Crippen LogP contribution in [0.2, 0.25) is 0 Å². The van der Waals surface area contributed by atoms with Gasteiger partial charge in [0.05, 0.1) is 37.3 Å². The van der Waals surface area contributed by atoms with E-state index in [1.54, 1.807) is 0 Å². The van der Waals surface area contributed by atoms with Crippen LogP contribution in [0.4, 0.5) is 17.6 Å². The minimum absolute atomic E-state index is 0.0109. The fraction of sp³-hybridized carbons (Fsp3) is 0.381. The Hall–Kier alpha value is -3.57. The first-order valence-corrected chi connectivity index (χ1v) is 10.2. The molecule has 0 saturated heterocycles. The van der Waals surface area contributed by atoms with Gasteiger partial charge in [0.2, 0.25) is 11.8 Å². The number of pyridine rings is 1. The topological polar surface area (TPSA) is 103 Å². The van der Waals surface area contributed by atoms with Gasteiger partial charge in [0.15, 0.2) is 11.5 Å². The van der Waals surface area contributed by atoms with Gasteiger partial charge >= 0.3 is 6.18 Å². The van der Waals surface area contributed by atoms with E-state index in [4.69, 9.17) is 9.15 Å². The lowest BCUT2D eigenvalue weighted by molar-refractivity contribution is -0.141. The molecule has 8 nitrogen and oxygen atoms in total. The summed E-state index contributed by atoms with van der Waals surface area (Å²) in [5.74, 6) is -0.891. The Labute approximate surface area is 186 Å². The highest BCUT2D eigenvalue weighted by Crippen LogP contribution is 2.35. The molecular weight excluding hydrogens is 446 g/mol. The minimum Gasteiger partial charge on any atom is -0.481 e. The van der Waals surface area contributed by atoms with Crippen molar-refractivity contribution in [3.63, 3.8) is 0 Å². The van der Waals surface area contributed by atoms with E-state index < -0.39 is 35.3 Å². The molecule has 1 N–H and O–H groups in total. The zero-order valence-electron chi connectivity index (χ0n) is 18.0. The molecule has 3 aromatic heterocycles. The van der Waals surface area contributed by atoms with E-state index in [-0.39, 0.29) is 17.3 Å². The monoisotopic (exact) mass is 467 g/mol. The van der Waals surface area contributed by atoms with Crippen molar-refractivity contribution < 1.29 is 31.5 Å². The van der Waals surface area contributed by atoms with E-state index >= 15 is 0 Å². The molecule has 0 bridgehead atoms. The fourth-order valence-electron chi connectivity index (χ4n) is 3.21. The second-order valence-corrected chi connectivity index (χ2v) is 6.74. The summed E-state index contributed by atoms with van der Waals surface area (Å²) in [6, 6.07) is 0.690. The maximum absolute atomic E-state index is 14.2. The van der Waals surface area contributed by atoms with Crippen LogP contribution in [0.25, 0.3) is 11.5 Å². The Kier molecular flexibility index (Phi) is 7.24.